The molecule has 0 aliphatic rings. The van der Waals surface area contributed by atoms with E-state index in [1.807, 2.05) is 0 Å². The molecule has 0 bridgehead atoms. The highest BCUT2D eigenvalue weighted by atomic mass is 16.6. The molecule has 0 fully saturated rings. The number of rotatable bonds is 32. The summed E-state index contributed by atoms with van der Waals surface area (Å²) in [5, 5.41) is 0. The van der Waals surface area contributed by atoms with Crippen LogP contribution in [0.15, 0.2) is 0 Å². The van der Waals surface area contributed by atoms with Crippen molar-refractivity contribution in [1.82, 2.24) is 0 Å². The monoisotopic (exact) mass is 615 g/mol. The van der Waals surface area contributed by atoms with Crippen molar-refractivity contribution in [2.45, 2.75) is 142 Å². The maximum absolute atomic E-state index is 12.3. The molecule has 7 heteroatoms. The van der Waals surface area contributed by atoms with Gasteiger partial charge in [0.05, 0.1) is 54.5 Å². The molecular weight excluding hydrogens is 540 g/mol. The highest BCUT2D eigenvalue weighted by Crippen LogP contribution is 2.13. The molecule has 0 heterocycles. The van der Waals surface area contributed by atoms with E-state index in [0.717, 1.165) is 25.9 Å². The van der Waals surface area contributed by atoms with Crippen molar-refractivity contribution in [2.24, 2.45) is 0 Å². The number of nitrogens with zero attached hydrogens (tertiary/aromatic N) is 2. The highest BCUT2D eigenvalue weighted by molar-refractivity contribution is 5.70. The molecule has 0 unspecified atom stereocenters. The van der Waals surface area contributed by atoms with E-state index in [4.69, 9.17) is 14.2 Å². The standard InChI is InChI=1S/C36H74N2O5/c1-7-9-11-13-15-17-19-21-23-25-27-37(3,4)33-35(39)42-31-29-41-30-32-43-36(40)34-38(5,6)28-26-24-22-20-18-16-14-12-10-8-2/h7-34H2,1-6H3/q+2. The van der Waals surface area contributed by atoms with Crippen LogP contribution in [0.4, 0.5) is 0 Å². The first-order valence-electron chi connectivity index (χ1n) is 18.1. The lowest BCUT2D eigenvalue weighted by atomic mass is 10.1. The van der Waals surface area contributed by atoms with Crippen LogP contribution in [0.1, 0.15) is 142 Å². The van der Waals surface area contributed by atoms with E-state index in [-0.39, 0.29) is 25.2 Å². The zero-order valence-electron chi connectivity index (χ0n) is 29.7. The number of likely N-dealkylation sites (N-methyl/N-ethyl adjacent to an activating group) is 2. The van der Waals surface area contributed by atoms with Gasteiger partial charge in [-0.15, -0.1) is 0 Å². The lowest BCUT2D eigenvalue weighted by molar-refractivity contribution is -0.883. The Kier molecular flexibility index (Phi) is 27.5. The van der Waals surface area contributed by atoms with Gasteiger partial charge in [0.2, 0.25) is 0 Å². The summed E-state index contributed by atoms with van der Waals surface area (Å²) in [6.07, 6.45) is 26.4. The third-order valence-electron chi connectivity index (χ3n) is 8.33. The van der Waals surface area contributed by atoms with Crippen molar-refractivity contribution >= 4 is 11.9 Å². The molecular formula is C36H74N2O5+2. The molecule has 256 valence electrons. The second kappa shape index (κ2) is 28.3. The largest absolute Gasteiger partial charge is 0.459 e. The summed E-state index contributed by atoms with van der Waals surface area (Å²) < 4.78 is 17.6. The van der Waals surface area contributed by atoms with E-state index in [1.54, 1.807) is 0 Å². The fraction of sp³-hybridized carbons (Fsp3) is 0.944. The van der Waals surface area contributed by atoms with E-state index in [2.05, 4.69) is 42.0 Å². The smallest absolute Gasteiger partial charge is 0.361 e. The maximum Gasteiger partial charge on any atom is 0.361 e. The van der Waals surface area contributed by atoms with Gasteiger partial charge in [-0.05, 0) is 25.7 Å². The number of unbranched alkanes of at least 4 members (excludes halogenated alkanes) is 18. The summed E-state index contributed by atoms with van der Waals surface area (Å²) >= 11 is 0. The number of ether oxygens (including phenoxy) is 3. The lowest BCUT2D eigenvalue weighted by Crippen LogP contribution is -2.45. The van der Waals surface area contributed by atoms with Gasteiger partial charge in [0.25, 0.3) is 0 Å². The van der Waals surface area contributed by atoms with Crippen molar-refractivity contribution in [3.05, 3.63) is 0 Å². The Morgan fingerprint density at radius 2 is 0.698 bits per heavy atom. The van der Waals surface area contributed by atoms with Gasteiger partial charge in [0.15, 0.2) is 13.1 Å². The normalized spacial score (nSPS) is 12.0. The van der Waals surface area contributed by atoms with Crippen LogP contribution in [0.25, 0.3) is 0 Å². The van der Waals surface area contributed by atoms with Gasteiger partial charge in [-0.3, -0.25) is 0 Å². The van der Waals surface area contributed by atoms with Crippen LogP contribution in [-0.2, 0) is 23.8 Å². The molecule has 0 aliphatic carbocycles. The Hall–Kier alpha value is -1.18. The number of hydrogen-bond acceptors (Lipinski definition) is 5. The van der Waals surface area contributed by atoms with Crippen molar-refractivity contribution in [2.75, 3.05) is 80.8 Å². The molecule has 43 heavy (non-hydrogen) atoms. The number of carbonyl (C=O) groups excluding carboxylic acids is 2. The number of quaternary nitrogens is 2. The maximum atomic E-state index is 12.3. The summed E-state index contributed by atoms with van der Waals surface area (Å²) in [6, 6.07) is 0. The van der Waals surface area contributed by atoms with Crippen LogP contribution in [0.5, 0.6) is 0 Å². The molecule has 0 saturated carbocycles. The zero-order chi connectivity index (χ0) is 32.1. The van der Waals surface area contributed by atoms with Gasteiger partial charge in [-0.2, -0.15) is 0 Å². The molecule has 0 spiro atoms. The van der Waals surface area contributed by atoms with Crippen LogP contribution in [0, 0.1) is 0 Å². The highest BCUT2D eigenvalue weighted by Gasteiger charge is 2.21. The molecule has 0 amide bonds. The predicted molar refractivity (Wildman–Crippen MR) is 180 cm³/mol. The van der Waals surface area contributed by atoms with Crippen LogP contribution >= 0.6 is 0 Å². The van der Waals surface area contributed by atoms with Crippen LogP contribution in [0.3, 0.4) is 0 Å². The summed E-state index contributed by atoms with van der Waals surface area (Å²) in [7, 11) is 8.38. The molecule has 0 radical (unpaired) electrons. The molecule has 0 saturated heterocycles. The second-order valence-electron chi connectivity index (χ2n) is 14.1. The molecule has 0 aromatic rings. The van der Waals surface area contributed by atoms with Gasteiger partial charge >= 0.3 is 11.9 Å². The quantitative estimate of drug-likeness (QED) is 0.0435. The second-order valence-corrected chi connectivity index (χ2v) is 14.1. The first-order valence-corrected chi connectivity index (χ1v) is 18.1. The molecule has 0 rings (SSSR count). The van der Waals surface area contributed by atoms with Gasteiger partial charge in [0, 0.05) is 0 Å². The van der Waals surface area contributed by atoms with E-state index in [1.165, 1.54) is 116 Å². The first kappa shape index (κ1) is 41.8. The zero-order valence-corrected chi connectivity index (χ0v) is 29.7. The van der Waals surface area contributed by atoms with Gasteiger partial charge in [0.1, 0.15) is 13.2 Å². The number of hydrogen-bond donors (Lipinski definition) is 0. The van der Waals surface area contributed by atoms with Crippen LogP contribution in [-0.4, -0.2) is 102 Å². The Balaban J connectivity index is 3.69. The Bertz CT molecular complexity index is 600. The molecule has 0 aromatic carbocycles. The topological polar surface area (TPSA) is 61.8 Å². The van der Waals surface area contributed by atoms with Crippen LogP contribution in [0.2, 0.25) is 0 Å². The average molecular weight is 615 g/mol. The summed E-state index contributed by atoms with van der Waals surface area (Å²) in [5.41, 5.74) is 0. The minimum atomic E-state index is -0.186. The molecule has 7 nitrogen and oxygen atoms in total. The molecule has 0 aromatic heterocycles. The fourth-order valence-corrected chi connectivity index (χ4v) is 5.53. The third kappa shape index (κ3) is 30.6. The van der Waals surface area contributed by atoms with Crippen LogP contribution < -0.4 is 0 Å². The minimum Gasteiger partial charge on any atom is -0.459 e. The molecule has 0 N–H and O–H groups in total. The number of esters is 2. The van der Waals surface area contributed by atoms with Gasteiger partial charge < -0.3 is 23.2 Å². The molecule has 0 atom stereocenters. The Morgan fingerprint density at radius 3 is 1.00 bits per heavy atom. The minimum absolute atomic E-state index is 0.186. The van der Waals surface area contributed by atoms with E-state index < -0.39 is 0 Å². The fourth-order valence-electron chi connectivity index (χ4n) is 5.53. The Morgan fingerprint density at radius 1 is 0.419 bits per heavy atom. The van der Waals surface area contributed by atoms with E-state index in [9.17, 15) is 9.59 Å². The van der Waals surface area contributed by atoms with Crippen molar-refractivity contribution < 1.29 is 32.8 Å². The summed E-state index contributed by atoms with van der Waals surface area (Å²) in [6.45, 7) is 8.34. The number of carbonyl (C=O) groups is 2. The first-order chi connectivity index (χ1) is 20.6. The van der Waals surface area contributed by atoms with Crippen molar-refractivity contribution in [3.8, 4) is 0 Å². The van der Waals surface area contributed by atoms with E-state index >= 15 is 0 Å². The van der Waals surface area contributed by atoms with Crippen molar-refractivity contribution in [1.29, 1.82) is 0 Å². The van der Waals surface area contributed by atoms with Gasteiger partial charge in [-0.1, -0.05) is 117 Å². The predicted octanol–water partition coefficient (Wildman–Crippen LogP) is 8.08. The molecule has 0 aliphatic heterocycles. The lowest BCUT2D eigenvalue weighted by Gasteiger charge is -2.28. The Labute approximate surface area is 267 Å². The van der Waals surface area contributed by atoms with Crippen molar-refractivity contribution in [3.63, 3.8) is 0 Å². The van der Waals surface area contributed by atoms with E-state index in [0.29, 0.717) is 35.3 Å². The third-order valence-corrected chi connectivity index (χ3v) is 8.33. The average Bonchev–Trinajstić information content (AvgIpc) is 2.94. The van der Waals surface area contributed by atoms with Gasteiger partial charge in [-0.25, -0.2) is 9.59 Å². The SMILES string of the molecule is CCCCCCCCCCCC[N+](C)(C)CC(=O)OCCOCCOC(=O)C[N+](C)(C)CCCCCCCCCCCC. The summed E-state index contributed by atoms with van der Waals surface area (Å²) in [5.74, 6) is -0.371. The summed E-state index contributed by atoms with van der Waals surface area (Å²) in [4.78, 5) is 24.5.